The van der Waals surface area contributed by atoms with Crippen LogP contribution in [0.3, 0.4) is 0 Å². The van der Waals surface area contributed by atoms with Gasteiger partial charge in [0.15, 0.2) is 0 Å². The highest BCUT2D eigenvalue weighted by molar-refractivity contribution is 5.75. The van der Waals surface area contributed by atoms with E-state index in [1.54, 1.807) is 17.1 Å². The van der Waals surface area contributed by atoms with Gasteiger partial charge in [-0.05, 0) is 12.1 Å². The highest BCUT2D eigenvalue weighted by Crippen LogP contribution is 2.11. The van der Waals surface area contributed by atoms with Crippen LogP contribution >= 0.6 is 0 Å². The molecule has 1 aromatic carbocycles. The molecule has 3 rings (SSSR count). The zero-order chi connectivity index (χ0) is 16.9. The summed E-state index contributed by atoms with van der Waals surface area (Å²) in [6.45, 7) is 4.86. The summed E-state index contributed by atoms with van der Waals surface area (Å²) in [7, 11) is 0. The van der Waals surface area contributed by atoms with Gasteiger partial charge in [0.05, 0.1) is 11.9 Å². The Hall–Kier alpha value is -2.89. The van der Waals surface area contributed by atoms with Crippen molar-refractivity contribution >= 4 is 5.91 Å². The Morgan fingerprint density at radius 1 is 1.25 bits per heavy atom. The quantitative estimate of drug-likeness (QED) is 0.758. The molecule has 1 N–H and O–H groups in total. The van der Waals surface area contributed by atoms with Gasteiger partial charge in [-0.1, -0.05) is 32.0 Å². The number of rotatable bonds is 6. The summed E-state index contributed by atoms with van der Waals surface area (Å²) in [6, 6.07) is 9.88. The van der Waals surface area contributed by atoms with Crippen molar-refractivity contribution in [3.8, 4) is 5.69 Å². The molecule has 1 amide bonds. The van der Waals surface area contributed by atoms with Gasteiger partial charge in [-0.25, -0.2) is 9.67 Å². The molecule has 2 heterocycles. The van der Waals surface area contributed by atoms with Crippen LogP contribution < -0.4 is 5.32 Å². The van der Waals surface area contributed by atoms with Crippen LogP contribution in [0.25, 0.3) is 5.69 Å². The van der Waals surface area contributed by atoms with Crippen molar-refractivity contribution in [1.82, 2.24) is 24.6 Å². The molecule has 0 saturated carbocycles. The summed E-state index contributed by atoms with van der Waals surface area (Å²) in [5, 5.41) is 7.25. The molecular formula is C18H21N5O. The number of nitrogens with one attached hydrogen (secondary N) is 1. The van der Waals surface area contributed by atoms with Crippen LogP contribution in [0.1, 0.15) is 31.2 Å². The fraction of sp³-hybridized carbons (Fsp3) is 0.278. The van der Waals surface area contributed by atoms with Crippen molar-refractivity contribution in [3.63, 3.8) is 0 Å². The monoisotopic (exact) mass is 323 g/mol. The minimum absolute atomic E-state index is 0.0395. The number of nitrogens with zero attached hydrogens (tertiary/aromatic N) is 4. The maximum absolute atomic E-state index is 12.1. The minimum Gasteiger partial charge on any atom is -0.350 e. The van der Waals surface area contributed by atoms with Gasteiger partial charge in [0.1, 0.15) is 12.4 Å². The van der Waals surface area contributed by atoms with E-state index in [2.05, 4.69) is 29.2 Å². The molecule has 0 fully saturated rings. The molecule has 3 aromatic rings. The first kappa shape index (κ1) is 16.0. The number of para-hydroxylation sites is 1. The van der Waals surface area contributed by atoms with E-state index in [0.717, 1.165) is 17.1 Å². The molecule has 0 bridgehead atoms. The Morgan fingerprint density at radius 2 is 2.04 bits per heavy atom. The Morgan fingerprint density at radius 3 is 2.79 bits per heavy atom. The molecule has 2 aromatic heterocycles. The zero-order valence-electron chi connectivity index (χ0n) is 13.9. The van der Waals surface area contributed by atoms with Crippen molar-refractivity contribution < 1.29 is 4.79 Å². The van der Waals surface area contributed by atoms with Gasteiger partial charge in [-0.3, -0.25) is 4.79 Å². The van der Waals surface area contributed by atoms with E-state index in [0.29, 0.717) is 6.54 Å². The second-order valence-corrected chi connectivity index (χ2v) is 5.97. The Kier molecular flexibility index (Phi) is 4.74. The minimum atomic E-state index is -0.0395. The largest absolute Gasteiger partial charge is 0.350 e. The summed E-state index contributed by atoms with van der Waals surface area (Å²) in [5.74, 6) is 1.17. The van der Waals surface area contributed by atoms with Gasteiger partial charge >= 0.3 is 0 Å². The van der Waals surface area contributed by atoms with Crippen LogP contribution in [0.4, 0.5) is 0 Å². The first-order chi connectivity index (χ1) is 11.6. The lowest BCUT2D eigenvalue weighted by Crippen LogP contribution is -2.27. The number of aromatic nitrogens is 4. The van der Waals surface area contributed by atoms with Gasteiger partial charge in [0.2, 0.25) is 5.91 Å². The maximum Gasteiger partial charge on any atom is 0.240 e. The first-order valence-electron chi connectivity index (χ1n) is 8.00. The van der Waals surface area contributed by atoms with Crippen molar-refractivity contribution in [1.29, 1.82) is 0 Å². The number of carbonyl (C=O) groups excluding carboxylic acids is 1. The summed E-state index contributed by atoms with van der Waals surface area (Å²) in [4.78, 5) is 16.4. The van der Waals surface area contributed by atoms with Crippen LogP contribution in [0.2, 0.25) is 0 Å². The smallest absolute Gasteiger partial charge is 0.240 e. The van der Waals surface area contributed by atoms with E-state index in [1.165, 1.54) is 0 Å². The van der Waals surface area contributed by atoms with Gasteiger partial charge in [0.25, 0.3) is 0 Å². The lowest BCUT2D eigenvalue weighted by atomic mass is 10.2. The van der Waals surface area contributed by atoms with E-state index < -0.39 is 0 Å². The third kappa shape index (κ3) is 3.71. The van der Waals surface area contributed by atoms with E-state index in [1.807, 2.05) is 47.3 Å². The number of benzene rings is 1. The standard InChI is InChI=1S/C18H21N5O/c1-14(2)18-19-8-9-22(18)13-17(24)20-10-15-11-21-23(12-15)16-6-4-3-5-7-16/h3-9,11-12,14H,10,13H2,1-2H3,(H,20,24). The first-order valence-corrected chi connectivity index (χ1v) is 8.00. The van der Waals surface area contributed by atoms with Crippen molar-refractivity contribution in [2.75, 3.05) is 0 Å². The highest BCUT2D eigenvalue weighted by atomic mass is 16.1. The molecule has 0 unspecified atom stereocenters. The molecule has 0 aliphatic carbocycles. The van der Waals surface area contributed by atoms with Gasteiger partial charge in [0, 0.05) is 36.6 Å². The molecule has 0 atom stereocenters. The molecule has 0 radical (unpaired) electrons. The Bertz CT molecular complexity index is 804. The Balaban J connectivity index is 1.57. The summed E-state index contributed by atoms with van der Waals surface area (Å²) in [6.07, 6.45) is 7.26. The number of imidazole rings is 1. The predicted octanol–water partition coefficient (Wildman–Crippen LogP) is 2.51. The molecule has 0 saturated heterocycles. The van der Waals surface area contributed by atoms with E-state index in [-0.39, 0.29) is 18.4 Å². The molecule has 24 heavy (non-hydrogen) atoms. The maximum atomic E-state index is 12.1. The molecule has 124 valence electrons. The van der Waals surface area contributed by atoms with Crippen molar-refractivity contribution in [2.45, 2.75) is 32.9 Å². The van der Waals surface area contributed by atoms with E-state index in [9.17, 15) is 4.79 Å². The van der Waals surface area contributed by atoms with Crippen LogP contribution in [-0.2, 0) is 17.9 Å². The van der Waals surface area contributed by atoms with Crippen LogP contribution in [0.5, 0.6) is 0 Å². The second-order valence-electron chi connectivity index (χ2n) is 5.97. The number of amides is 1. The number of carbonyl (C=O) groups is 1. The summed E-state index contributed by atoms with van der Waals surface area (Å²) < 4.78 is 3.68. The third-order valence-electron chi connectivity index (χ3n) is 3.72. The molecule has 6 heteroatoms. The molecule has 0 aliphatic heterocycles. The topological polar surface area (TPSA) is 64.7 Å². The van der Waals surface area contributed by atoms with Crippen LogP contribution in [0.15, 0.2) is 55.1 Å². The SMILES string of the molecule is CC(C)c1nccn1CC(=O)NCc1cnn(-c2ccccc2)c1. The van der Waals surface area contributed by atoms with Gasteiger partial charge < -0.3 is 9.88 Å². The van der Waals surface area contributed by atoms with E-state index in [4.69, 9.17) is 0 Å². The summed E-state index contributed by atoms with van der Waals surface area (Å²) >= 11 is 0. The van der Waals surface area contributed by atoms with Gasteiger partial charge in [-0.2, -0.15) is 5.10 Å². The van der Waals surface area contributed by atoms with E-state index >= 15 is 0 Å². The van der Waals surface area contributed by atoms with Crippen molar-refractivity contribution in [2.24, 2.45) is 0 Å². The van der Waals surface area contributed by atoms with Crippen LogP contribution in [0, 0.1) is 0 Å². The fourth-order valence-electron chi connectivity index (χ4n) is 2.54. The lowest BCUT2D eigenvalue weighted by Gasteiger charge is -2.10. The molecule has 0 spiro atoms. The molecule has 6 nitrogen and oxygen atoms in total. The fourth-order valence-corrected chi connectivity index (χ4v) is 2.54. The second kappa shape index (κ2) is 7.12. The highest BCUT2D eigenvalue weighted by Gasteiger charge is 2.10. The number of hydrogen-bond acceptors (Lipinski definition) is 3. The third-order valence-corrected chi connectivity index (χ3v) is 3.72. The molecular weight excluding hydrogens is 302 g/mol. The predicted molar refractivity (Wildman–Crippen MR) is 91.7 cm³/mol. The summed E-state index contributed by atoms with van der Waals surface area (Å²) in [5.41, 5.74) is 1.96. The normalized spacial score (nSPS) is 11.0. The average molecular weight is 323 g/mol. The Labute approximate surface area is 141 Å². The van der Waals surface area contributed by atoms with Crippen molar-refractivity contribution in [3.05, 3.63) is 66.5 Å². The number of hydrogen-bond donors (Lipinski definition) is 1. The lowest BCUT2D eigenvalue weighted by molar-refractivity contribution is -0.121. The van der Waals surface area contributed by atoms with Crippen LogP contribution in [-0.4, -0.2) is 25.2 Å². The zero-order valence-corrected chi connectivity index (χ0v) is 13.9. The average Bonchev–Trinajstić information content (AvgIpc) is 3.23. The molecule has 0 aliphatic rings. The van der Waals surface area contributed by atoms with Gasteiger partial charge in [-0.15, -0.1) is 0 Å².